The summed E-state index contributed by atoms with van der Waals surface area (Å²) in [6, 6.07) is 9.39. The van der Waals surface area contributed by atoms with Crippen LogP contribution in [0.2, 0.25) is 0 Å². The normalized spacial score (nSPS) is 32.6. The number of rotatable bonds is 7. The van der Waals surface area contributed by atoms with Crippen LogP contribution in [0, 0.1) is 17.8 Å². The molecular weight excluding hydrogens is 472 g/mol. The van der Waals surface area contributed by atoms with E-state index < -0.39 is 0 Å². The van der Waals surface area contributed by atoms with E-state index in [2.05, 4.69) is 20.9 Å². The van der Waals surface area contributed by atoms with E-state index >= 15 is 0 Å². The molecule has 36 heavy (non-hydrogen) atoms. The molecule has 5 saturated carbocycles. The molecule has 5 fully saturated rings. The van der Waals surface area contributed by atoms with Gasteiger partial charge >= 0.3 is 6.03 Å². The summed E-state index contributed by atoms with van der Waals surface area (Å²) in [5.74, 6) is 2.97. The van der Waals surface area contributed by atoms with Crippen molar-refractivity contribution in [2.24, 2.45) is 17.8 Å². The van der Waals surface area contributed by atoms with Crippen LogP contribution in [-0.4, -0.2) is 34.5 Å². The maximum atomic E-state index is 13.1. The molecular formula is C28H36N4O3S. The highest BCUT2D eigenvalue weighted by atomic mass is 32.1. The molecule has 1 aromatic carbocycles. The summed E-state index contributed by atoms with van der Waals surface area (Å²) in [6.45, 7) is 0.333. The van der Waals surface area contributed by atoms with Gasteiger partial charge in [-0.05, 0) is 81.3 Å². The van der Waals surface area contributed by atoms with Crippen LogP contribution in [0.1, 0.15) is 79.7 Å². The van der Waals surface area contributed by atoms with Crippen LogP contribution < -0.4 is 20.7 Å². The summed E-state index contributed by atoms with van der Waals surface area (Å²) in [6.07, 6.45) is 11.3. The molecule has 3 amide bonds. The molecule has 1 aromatic heterocycles. The second kappa shape index (κ2) is 10.0. The minimum absolute atomic E-state index is 0.00887. The van der Waals surface area contributed by atoms with Crippen molar-refractivity contribution < 1.29 is 14.3 Å². The molecule has 5 aliphatic rings. The van der Waals surface area contributed by atoms with Gasteiger partial charge < -0.3 is 20.7 Å². The molecule has 5 aliphatic carbocycles. The van der Waals surface area contributed by atoms with Gasteiger partial charge in [-0.1, -0.05) is 31.0 Å². The Morgan fingerprint density at radius 1 is 0.944 bits per heavy atom. The summed E-state index contributed by atoms with van der Waals surface area (Å²) >= 11 is 1.42. The maximum absolute atomic E-state index is 13.1. The number of ether oxygens (including phenoxy) is 1. The third-order valence-corrected chi connectivity index (χ3v) is 9.53. The van der Waals surface area contributed by atoms with Gasteiger partial charge in [0, 0.05) is 17.0 Å². The molecule has 0 aliphatic heterocycles. The number of nitrogens with zero attached hydrogens (tertiary/aromatic N) is 1. The zero-order chi connectivity index (χ0) is 24.5. The Hall–Kier alpha value is -2.61. The zero-order valence-corrected chi connectivity index (χ0v) is 21.5. The average Bonchev–Trinajstić information content (AvgIpc) is 3.33. The molecule has 1 heterocycles. The van der Waals surface area contributed by atoms with Crippen molar-refractivity contribution in [1.82, 2.24) is 20.9 Å². The van der Waals surface area contributed by atoms with Crippen LogP contribution in [-0.2, 0) is 6.61 Å². The Balaban J connectivity index is 1.03. The number of benzene rings is 1. The van der Waals surface area contributed by atoms with E-state index in [1.54, 1.807) is 5.38 Å². The van der Waals surface area contributed by atoms with Crippen molar-refractivity contribution in [3.63, 3.8) is 0 Å². The van der Waals surface area contributed by atoms with E-state index in [-0.39, 0.29) is 29.6 Å². The van der Waals surface area contributed by atoms with Crippen molar-refractivity contribution in [3.8, 4) is 5.75 Å². The predicted molar refractivity (Wildman–Crippen MR) is 139 cm³/mol. The molecule has 4 bridgehead atoms. The minimum Gasteiger partial charge on any atom is -0.486 e. The molecule has 192 valence electrons. The number of hydrogen-bond donors (Lipinski definition) is 3. The monoisotopic (exact) mass is 508 g/mol. The number of para-hydroxylation sites is 1. The summed E-state index contributed by atoms with van der Waals surface area (Å²) in [5, 5.41) is 12.4. The Morgan fingerprint density at radius 2 is 1.58 bits per heavy atom. The van der Waals surface area contributed by atoms with Crippen molar-refractivity contribution in [2.75, 3.05) is 0 Å². The van der Waals surface area contributed by atoms with E-state index in [1.807, 2.05) is 30.3 Å². The highest BCUT2D eigenvalue weighted by Gasteiger charge is 2.51. The SMILES string of the molecule is O=C(N[C@H]1CCCC[C@H]1NC(=O)c1csc(COc2ccccc2)n1)NC12CC3CC(CC(C3)C1)C2. The van der Waals surface area contributed by atoms with E-state index in [9.17, 15) is 9.59 Å². The quantitative estimate of drug-likeness (QED) is 0.489. The number of nitrogens with one attached hydrogen (secondary N) is 3. The number of thiazole rings is 1. The predicted octanol–water partition coefficient (Wildman–Crippen LogP) is 5.03. The smallest absolute Gasteiger partial charge is 0.315 e. The topological polar surface area (TPSA) is 92.4 Å². The first kappa shape index (κ1) is 23.8. The Morgan fingerprint density at radius 3 is 2.25 bits per heavy atom. The van der Waals surface area contributed by atoms with Gasteiger partial charge in [-0.15, -0.1) is 11.3 Å². The van der Waals surface area contributed by atoms with Gasteiger partial charge in [0.2, 0.25) is 0 Å². The van der Waals surface area contributed by atoms with Gasteiger partial charge in [0.25, 0.3) is 5.91 Å². The Labute approximate surface area is 216 Å². The number of aromatic nitrogens is 1. The first-order chi connectivity index (χ1) is 17.5. The van der Waals surface area contributed by atoms with Crippen molar-refractivity contribution >= 4 is 23.3 Å². The average molecular weight is 509 g/mol. The van der Waals surface area contributed by atoms with E-state index in [1.165, 1.54) is 30.6 Å². The second-order valence-electron chi connectivity index (χ2n) is 11.5. The number of amides is 3. The zero-order valence-electron chi connectivity index (χ0n) is 20.7. The molecule has 2 atom stereocenters. The van der Waals surface area contributed by atoms with Crippen molar-refractivity contribution in [2.45, 2.75) is 88.4 Å². The highest BCUT2D eigenvalue weighted by Crippen LogP contribution is 2.55. The molecule has 0 spiro atoms. The fourth-order valence-corrected chi connectivity index (χ4v) is 8.26. The number of carbonyl (C=O) groups is 2. The minimum atomic E-state index is -0.183. The molecule has 0 unspecified atom stereocenters. The molecule has 7 nitrogen and oxygen atoms in total. The van der Waals surface area contributed by atoms with Crippen LogP contribution in [0.15, 0.2) is 35.7 Å². The lowest BCUT2D eigenvalue weighted by molar-refractivity contribution is -0.0138. The summed E-state index contributed by atoms with van der Waals surface area (Å²) in [7, 11) is 0. The second-order valence-corrected chi connectivity index (χ2v) is 12.4. The molecule has 8 heteroatoms. The van der Waals surface area contributed by atoms with E-state index in [0.29, 0.717) is 12.3 Å². The fourth-order valence-electron chi connectivity index (χ4n) is 7.57. The van der Waals surface area contributed by atoms with Gasteiger partial charge in [-0.2, -0.15) is 0 Å². The Kier molecular flexibility index (Phi) is 6.63. The lowest BCUT2D eigenvalue weighted by Gasteiger charge is -2.56. The number of urea groups is 1. The third kappa shape index (κ3) is 5.24. The summed E-state index contributed by atoms with van der Waals surface area (Å²) < 4.78 is 5.76. The molecule has 2 aromatic rings. The van der Waals surface area contributed by atoms with Gasteiger partial charge in [0.05, 0.1) is 6.04 Å². The molecule has 0 saturated heterocycles. The molecule has 0 radical (unpaired) electrons. The van der Waals surface area contributed by atoms with Crippen LogP contribution in [0.3, 0.4) is 0 Å². The fraction of sp³-hybridized carbons (Fsp3) is 0.607. The molecule has 3 N–H and O–H groups in total. The largest absolute Gasteiger partial charge is 0.486 e. The standard InChI is InChI=1S/C28H36N4O3S/c33-26(24-17-36-25(29-24)16-35-21-6-2-1-3-7-21)30-22-8-4-5-9-23(22)31-27(34)32-28-13-18-10-19(14-28)12-20(11-18)15-28/h1-3,6-7,17-20,22-23H,4-5,8-16H2,(H,30,33)(H2,31,32,34)/t18?,19?,20?,22-,23+,28?/m1/s1. The van der Waals surface area contributed by atoms with Gasteiger partial charge in [-0.25, -0.2) is 9.78 Å². The highest BCUT2D eigenvalue weighted by molar-refractivity contribution is 7.09. The van der Waals surface area contributed by atoms with Gasteiger partial charge in [-0.3, -0.25) is 4.79 Å². The number of carbonyl (C=O) groups excluding carboxylic acids is 2. The van der Waals surface area contributed by atoms with Crippen molar-refractivity contribution in [1.29, 1.82) is 0 Å². The van der Waals surface area contributed by atoms with Gasteiger partial charge in [0.15, 0.2) is 0 Å². The maximum Gasteiger partial charge on any atom is 0.315 e. The first-order valence-electron chi connectivity index (χ1n) is 13.6. The van der Waals surface area contributed by atoms with Crippen LogP contribution in [0.25, 0.3) is 0 Å². The van der Waals surface area contributed by atoms with E-state index in [0.717, 1.165) is 73.5 Å². The first-order valence-corrected chi connectivity index (χ1v) is 14.4. The number of hydrogen-bond acceptors (Lipinski definition) is 5. The van der Waals surface area contributed by atoms with Crippen molar-refractivity contribution in [3.05, 3.63) is 46.4 Å². The third-order valence-electron chi connectivity index (χ3n) is 8.71. The van der Waals surface area contributed by atoms with Gasteiger partial charge in [0.1, 0.15) is 23.1 Å². The van der Waals surface area contributed by atoms with E-state index in [4.69, 9.17) is 4.74 Å². The lowest BCUT2D eigenvalue weighted by Crippen LogP contribution is -2.63. The van der Waals surface area contributed by atoms with Crippen LogP contribution in [0.4, 0.5) is 4.79 Å². The lowest BCUT2D eigenvalue weighted by atomic mass is 9.53. The van der Waals surface area contributed by atoms with Crippen LogP contribution in [0.5, 0.6) is 5.75 Å². The molecule has 7 rings (SSSR count). The summed E-state index contributed by atoms with van der Waals surface area (Å²) in [5.41, 5.74) is 0.402. The van der Waals surface area contributed by atoms with Crippen LogP contribution >= 0.6 is 11.3 Å². The summed E-state index contributed by atoms with van der Waals surface area (Å²) in [4.78, 5) is 30.6. The Bertz CT molecular complexity index is 1050.